The normalized spacial score (nSPS) is 15.8. The maximum Gasteiger partial charge on any atom is 0.321 e. The molecule has 2 N–H and O–H groups in total. The average Bonchev–Trinajstić information content (AvgIpc) is 3.23. The van der Waals surface area contributed by atoms with Crippen LogP contribution in [0.5, 0.6) is 0 Å². The fourth-order valence-electron chi connectivity index (χ4n) is 4.41. The molecule has 0 aliphatic carbocycles. The highest BCUT2D eigenvalue weighted by molar-refractivity contribution is 6.36. The number of amides is 2. The van der Waals surface area contributed by atoms with E-state index in [0.29, 0.717) is 57.2 Å². The Morgan fingerprint density at radius 3 is 2.67 bits per heavy atom. The summed E-state index contributed by atoms with van der Waals surface area (Å²) in [5.41, 5.74) is 3.12. The number of aromatic nitrogens is 3. The first-order valence-electron chi connectivity index (χ1n) is 11.5. The maximum absolute atomic E-state index is 12.9. The lowest BCUT2D eigenvalue weighted by Gasteiger charge is -2.33. The van der Waals surface area contributed by atoms with E-state index in [1.54, 1.807) is 28.9 Å². The summed E-state index contributed by atoms with van der Waals surface area (Å²) in [5.74, 6) is 0.995. The van der Waals surface area contributed by atoms with Gasteiger partial charge in [0.2, 0.25) is 0 Å². The van der Waals surface area contributed by atoms with Crippen LogP contribution in [0.4, 0.5) is 16.3 Å². The predicted octanol–water partition coefficient (Wildman–Crippen LogP) is 5.51. The molecular weight excluding hydrogens is 517 g/mol. The third-order valence-corrected chi connectivity index (χ3v) is 6.91. The van der Waals surface area contributed by atoms with Gasteiger partial charge in [0.25, 0.3) is 0 Å². The Morgan fingerprint density at radius 2 is 1.89 bits per heavy atom. The summed E-state index contributed by atoms with van der Waals surface area (Å²) in [4.78, 5) is 19.4. The molecule has 2 aromatic heterocycles. The molecule has 2 aromatic carbocycles. The number of carbonyl (C=O) groups is 1. The number of likely N-dealkylation sites (tertiary alicyclic amines) is 1. The number of rotatable bonds is 5. The summed E-state index contributed by atoms with van der Waals surface area (Å²) in [7, 11) is 6.13. The molecule has 1 unspecified atom stereocenters. The summed E-state index contributed by atoms with van der Waals surface area (Å²) < 4.78 is 1.69. The van der Waals surface area contributed by atoms with Crippen molar-refractivity contribution in [3.63, 3.8) is 0 Å². The van der Waals surface area contributed by atoms with Gasteiger partial charge in [-0.05, 0) is 48.5 Å². The van der Waals surface area contributed by atoms with E-state index in [1.165, 1.54) is 0 Å². The van der Waals surface area contributed by atoms with Crippen molar-refractivity contribution in [3.8, 4) is 11.3 Å². The highest BCUT2D eigenvalue weighted by Crippen LogP contribution is 2.29. The minimum absolute atomic E-state index is 0.176. The lowest BCUT2D eigenvalue weighted by atomic mass is 9.98. The van der Waals surface area contributed by atoms with Crippen LogP contribution < -0.4 is 16.1 Å². The molecule has 3 heterocycles. The smallest absolute Gasteiger partial charge is 0.321 e. The highest BCUT2D eigenvalue weighted by atomic mass is 35.5. The average molecular weight is 540 g/mol. The van der Waals surface area contributed by atoms with Crippen molar-refractivity contribution in [3.05, 3.63) is 69.8 Å². The molecule has 0 saturated carbocycles. The number of anilines is 2. The standard InChI is InChI=1S/C25H22BCl3N6O/c26-20-13-31-35-23(11-22(33-24(20)35)19-5-1-2-6-21(19)29)30-12-15-4-3-7-34(14-15)25(36)32-18-9-16(27)8-17(28)10-18/h1-2,5-6,8-11,13,15,30H,3-4,7,12,14H2,(H,32,36). The van der Waals surface area contributed by atoms with Gasteiger partial charge in [-0.3, -0.25) is 0 Å². The number of fused-ring (bicyclic) bond motifs is 1. The topological polar surface area (TPSA) is 74.6 Å². The van der Waals surface area contributed by atoms with Crippen molar-refractivity contribution in [2.24, 2.45) is 5.92 Å². The van der Waals surface area contributed by atoms with Gasteiger partial charge in [-0.2, -0.15) is 9.61 Å². The molecule has 1 aliphatic heterocycles. The number of carbonyl (C=O) groups excluding carboxylic acids is 1. The summed E-state index contributed by atoms with van der Waals surface area (Å²) in [6.07, 6.45) is 3.48. The van der Waals surface area contributed by atoms with Crippen LogP contribution in [-0.4, -0.2) is 53.0 Å². The number of urea groups is 1. The van der Waals surface area contributed by atoms with Gasteiger partial charge in [-0.15, -0.1) is 0 Å². The van der Waals surface area contributed by atoms with Crippen molar-refractivity contribution >= 4 is 71.3 Å². The molecule has 7 nitrogen and oxygen atoms in total. The van der Waals surface area contributed by atoms with Gasteiger partial charge in [-0.25, -0.2) is 9.78 Å². The number of nitrogens with one attached hydrogen (secondary N) is 2. The molecule has 2 radical (unpaired) electrons. The first-order chi connectivity index (χ1) is 17.4. The largest absolute Gasteiger partial charge is 0.370 e. The van der Waals surface area contributed by atoms with Crippen molar-refractivity contribution in [1.29, 1.82) is 0 Å². The molecule has 1 saturated heterocycles. The Balaban J connectivity index is 1.30. The highest BCUT2D eigenvalue weighted by Gasteiger charge is 2.24. The minimum Gasteiger partial charge on any atom is -0.370 e. The lowest BCUT2D eigenvalue weighted by molar-refractivity contribution is 0.180. The Labute approximate surface area is 225 Å². The predicted molar refractivity (Wildman–Crippen MR) is 147 cm³/mol. The van der Waals surface area contributed by atoms with Gasteiger partial charge in [0.15, 0.2) is 5.65 Å². The Hall–Kier alpha value is -2.94. The van der Waals surface area contributed by atoms with Gasteiger partial charge < -0.3 is 15.5 Å². The second kappa shape index (κ2) is 10.6. The molecule has 182 valence electrons. The van der Waals surface area contributed by atoms with E-state index in [2.05, 4.69) is 20.7 Å². The van der Waals surface area contributed by atoms with Crippen LogP contribution in [0.3, 0.4) is 0 Å². The summed E-state index contributed by atoms with van der Waals surface area (Å²) >= 11 is 18.5. The lowest BCUT2D eigenvalue weighted by Crippen LogP contribution is -2.44. The monoisotopic (exact) mass is 538 g/mol. The van der Waals surface area contributed by atoms with Gasteiger partial charge >= 0.3 is 6.03 Å². The van der Waals surface area contributed by atoms with Gasteiger partial charge in [0.05, 0.1) is 5.69 Å². The van der Waals surface area contributed by atoms with E-state index in [-0.39, 0.29) is 11.9 Å². The van der Waals surface area contributed by atoms with Crippen LogP contribution in [0, 0.1) is 5.92 Å². The third kappa shape index (κ3) is 5.41. The van der Waals surface area contributed by atoms with Crippen LogP contribution in [0.25, 0.3) is 16.9 Å². The van der Waals surface area contributed by atoms with Crippen molar-refractivity contribution in [2.75, 3.05) is 30.3 Å². The zero-order valence-electron chi connectivity index (χ0n) is 19.2. The zero-order valence-corrected chi connectivity index (χ0v) is 21.5. The molecule has 36 heavy (non-hydrogen) atoms. The molecule has 1 fully saturated rings. The number of piperidine rings is 1. The third-order valence-electron chi connectivity index (χ3n) is 6.14. The van der Waals surface area contributed by atoms with Crippen LogP contribution in [0.15, 0.2) is 54.7 Å². The Morgan fingerprint density at radius 1 is 1.11 bits per heavy atom. The van der Waals surface area contributed by atoms with E-state index in [0.717, 1.165) is 24.2 Å². The maximum atomic E-state index is 12.9. The van der Waals surface area contributed by atoms with E-state index in [4.69, 9.17) is 42.6 Å². The Kier molecular flexibility index (Phi) is 7.28. The first-order valence-corrected chi connectivity index (χ1v) is 12.7. The number of nitrogens with zero attached hydrogens (tertiary/aromatic N) is 4. The molecular formula is C25H22BCl3N6O. The van der Waals surface area contributed by atoms with Crippen LogP contribution in [0.1, 0.15) is 12.8 Å². The molecule has 0 bridgehead atoms. The molecule has 1 aliphatic rings. The summed E-state index contributed by atoms with van der Waals surface area (Å²) in [5, 5.41) is 12.3. The van der Waals surface area contributed by atoms with Crippen LogP contribution in [0.2, 0.25) is 15.1 Å². The van der Waals surface area contributed by atoms with E-state index in [9.17, 15) is 4.79 Å². The van der Waals surface area contributed by atoms with E-state index in [1.807, 2.05) is 35.2 Å². The van der Waals surface area contributed by atoms with Crippen molar-refractivity contribution in [2.45, 2.75) is 12.8 Å². The van der Waals surface area contributed by atoms with E-state index < -0.39 is 0 Å². The minimum atomic E-state index is -0.176. The second-order valence-corrected chi connectivity index (χ2v) is 10.0. The fourth-order valence-corrected chi connectivity index (χ4v) is 5.16. The van der Waals surface area contributed by atoms with Crippen LogP contribution in [-0.2, 0) is 0 Å². The first kappa shape index (κ1) is 24.7. The van der Waals surface area contributed by atoms with Gasteiger partial charge in [0, 0.05) is 58.2 Å². The number of hydrogen-bond acceptors (Lipinski definition) is 4. The number of benzene rings is 2. The number of halogens is 3. The Bertz CT molecular complexity index is 1410. The fraction of sp³-hybridized carbons (Fsp3) is 0.240. The van der Waals surface area contributed by atoms with Gasteiger partial charge in [0.1, 0.15) is 13.7 Å². The SMILES string of the molecule is [B]c1cnn2c(NCC3CCCN(C(=O)Nc4cc(Cl)cc(Cl)c4)C3)cc(-c3ccccc3Cl)nc12. The van der Waals surface area contributed by atoms with Crippen molar-refractivity contribution in [1.82, 2.24) is 19.5 Å². The van der Waals surface area contributed by atoms with Gasteiger partial charge in [-0.1, -0.05) is 53.0 Å². The number of hydrogen-bond donors (Lipinski definition) is 2. The molecule has 1 atom stereocenters. The van der Waals surface area contributed by atoms with Crippen molar-refractivity contribution < 1.29 is 4.79 Å². The quantitative estimate of drug-likeness (QED) is 0.328. The van der Waals surface area contributed by atoms with E-state index >= 15 is 0 Å². The molecule has 2 amide bonds. The molecule has 11 heteroatoms. The molecule has 4 aromatic rings. The summed E-state index contributed by atoms with van der Waals surface area (Å²) in [6.45, 7) is 1.94. The molecule has 5 rings (SSSR count). The zero-order chi connectivity index (χ0) is 25.2. The molecule has 0 spiro atoms. The van der Waals surface area contributed by atoms with Crippen LogP contribution >= 0.6 is 34.8 Å². The second-order valence-electron chi connectivity index (χ2n) is 8.77. The summed E-state index contributed by atoms with van der Waals surface area (Å²) in [6, 6.07) is 14.3.